The van der Waals surface area contributed by atoms with Crippen LogP contribution in [0.3, 0.4) is 0 Å². The third-order valence-corrected chi connectivity index (χ3v) is 20.3. The largest absolute Gasteiger partial charge is 0.472 e. The maximum Gasteiger partial charge on any atom is 0.472 e. The topological polar surface area (TPSA) is 237 Å². The number of ether oxygens (including phenoxy) is 4. The van der Waals surface area contributed by atoms with Crippen LogP contribution in [0.5, 0.6) is 0 Å². The number of hydrogen-bond donors (Lipinski definition) is 3. The molecule has 0 amide bonds. The third kappa shape index (κ3) is 72.3. The van der Waals surface area contributed by atoms with Crippen molar-refractivity contribution in [2.45, 2.75) is 407 Å². The number of carbonyl (C=O) groups excluding carboxylic acids is 4. The summed E-state index contributed by atoms with van der Waals surface area (Å²) in [6.07, 6.45) is 60.6. The highest BCUT2D eigenvalue weighted by Gasteiger charge is 2.30. The molecule has 0 aromatic heterocycles. The summed E-state index contributed by atoms with van der Waals surface area (Å²) in [5, 5.41) is 10.6. The Morgan fingerprint density at radius 1 is 0.333 bits per heavy atom. The maximum atomic E-state index is 13.1. The van der Waals surface area contributed by atoms with Gasteiger partial charge in [-0.3, -0.25) is 37.3 Å². The summed E-state index contributed by atoms with van der Waals surface area (Å²) in [6, 6.07) is 0. The average Bonchev–Trinajstić information content (AvgIpc) is 1.09. The molecule has 6 atom stereocenters. The molecule has 0 aromatic carbocycles. The Bertz CT molecular complexity index is 2020. The standard InChI is InChI=1S/C80H152O17P2/c1-8-10-11-12-13-14-15-16-21-25-28-34-39-47-54-61-77(82)90-67-75(96-80(85)64-57-50-41-36-31-30-33-38-45-52-59-72(5)6)69-94-98(86,87)92-65-74(81)66-93-99(88,89)95-70-76(68-91-78(83)62-55-48-43-42-46-53-60-73(7)9-2)97-79(84)63-56-49-40-35-29-26-23-20-18-17-19-22-24-27-32-37-44-51-58-71(3)4/h14-16,21,71-76,81H,8-13,17-20,22-70H2,1-7H3,(H,86,87)(H,88,89)/b15-14-,21-16-/t73?,74-,75-,76-/m1/s1. The SMILES string of the molecule is CCCCCC/C=C\C=C/CCCCCCCC(=O)OC[C@H](COP(=O)(O)OC[C@@H](O)COP(=O)(O)OC[C@@H](COC(=O)CCCCCCCCC(C)CC)OC(=O)CCCCCCCCCCCCCCCCCCCCC(C)C)OC(=O)CCCCCCCCCCCCC(C)C. The van der Waals surface area contributed by atoms with Crippen LogP contribution in [0.25, 0.3) is 0 Å². The third-order valence-electron chi connectivity index (χ3n) is 18.4. The summed E-state index contributed by atoms with van der Waals surface area (Å²) in [4.78, 5) is 72.9. The second-order valence-corrected chi connectivity index (χ2v) is 32.2. The highest BCUT2D eigenvalue weighted by atomic mass is 31.2. The molecule has 584 valence electrons. The fraction of sp³-hybridized carbons (Fsp3) is 0.900. The molecule has 0 bridgehead atoms. The van der Waals surface area contributed by atoms with Crippen molar-refractivity contribution in [1.82, 2.24) is 0 Å². The molecule has 99 heavy (non-hydrogen) atoms. The molecule has 0 aliphatic rings. The Morgan fingerprint density at radius 3 is 0.899 bits per heavy atom. The van der Waals surface area contributed by atoms with Crippen molar-refractivity contribution >= 4 is 39.5 Å². The van der Waals surface area contributed by atoms with Gasteiger partial charge in [-0.2, -0.15) is 0 Å². The lowest BCUT2D eigenvalue weighted by molar-refractivity contribution is -0.161. The molecule has 0 spiro atoms. The van der Waals surface area contributed by atoms with Gasteiger partial charge in [-0.25, -0.2) is 9.13 Å². The van der Waals surface area contributed by atoms with E-state index in [4.69, 9.17) is 37.0 Å². The molecule has 0 aliphatic heterocycles. The van der Waals surface area contributed by atoms with Crippen LogP contribution >= 0.6 is 15.6 Å². The first-order valence-electron chi connectivity index (χ1n) is 40.7. The van der Waals surface area contributed by atoms with Gasteiger partial charge in [0.25, 0.3) is 0 Å². The predicted octanol–water partition coefficient (Wildman–Crippen LogP) is 23.3. The summed E-state index contributed by atoms with van der Waals surface area (Å²) in [5.74, 6) is 0.152. The van der Waals surface area contributed by atoms with Crippen molar-refractivity contribution in [3.8, 4) is 0 Å². The summed E-state index contributed by atoms with van der Waals surface area (Å²) in [7, 11) is -9.93. The smallest absolute Gasteiger partial charge is 0.462 e. The Kier molecular flexibility index (Phi) is 68.1. The second kappa shape index (κ2) is 69.9. The van der Waals surface area contributed by atoms with Gasteiger partial charge in [-0.05, 0) is 69.1 Å². The van der Waals surface area contributed by atoms with Gasteiger partial charge in [0.2, 0.25) is 0 Å². The number of allylic oxidation sites excluding steroid dienone is 4. The molecule has 0 rings (SSSR count). The van der Waals surface area contributed by atoms with Crippen molar-refractivity contribution in [3.63, 3.8) is 0 Å². The monoisotopic (exact) mass is 1450 g/mol. The number of hydrogen-bond acceptors (Lipinski definition) is 15. The summed E-state index contributed by atoms with van der Waals surface area (Å²) >= 11 is 0. The van der Waals surface area contributed by atoms with E-state index in [1.54, 1.807) is 0 Å². The van der Waals surface area contributed by atoms with Gasteiger partial charge in [-0.1, -0.05) is 336 Å². The van der Waals surface area contributed by atoms with Crippen molar-refractivity contribution < 1.29 is 80.2 Å². The first-order chi connectivity index (χ1) is 47.8. The van der Waals surface area contributed by atoms with E-state index in [0.717, 1.165) is 133 Å². The lowest BCUT2D eigenvalue weighted by atomic mass is 10.00. The zero-order valence-corrected chi connectivity index (χ0v) is 66.2. The molecule has 0 heterocycles. The van der Waals surface area contributed by atoms with Gasteiger partial charge in [0.1, 0.15) is 19.3 Å². The molecule has 3 unspecified atom stereocenters. The minimum Gasteiger partial charge on any atom is -0.462 e. The molecule has 0 saturated carbocycles. The number of aliphatic hydroxyl groups is 1. The zero-order valence-electron chi connectivity index (χ0n) is 64.4. The normalized spacial score (nSPS) is 14.4. The van der Waals surface area contributed by atoms with Gasteiger partial charge in [0, 0.05) is 25.7 Å². The van der Waals surface area contributed by atoms with Crippen LogP contribution in [0.4, 0.5) is 0 Å². The number of carbonyl (C=O) groups is 4. The van der Waals surface area contributed by atoms with Crippen LogP contribution in [0.1, 0.15) is 389 Å². The van der Waals surface area contributed by atoms with Crippen molar-refractivity contribution in [1.29, 1.82) is 0 Å². The quantitative estimate of drug-likeness (QED) is 0.0169. The Labute approximate surface area is 605 Å². The first-order valence-corrected chi connectivity index (χ1v) is 43.7. The van der Waals surface area contributed by atoms with Gasteiger partial charge in [0.15, 0.2) is 12.2 Å². The molecule has 0 aliphatic carbocycles. The molecule has 0 aromatic rings. The summed E-state index contributed by atoms with van der Waals surface area (Å²) < 4.78 is 68.6. The average molecular weight is 1450 g/mol. The second-order valence-electron chi connectivity index (χ2n) is 29.3. The highest BCUT2D eigenvalue weighted by Crippen LogP contribution is 2.45. The van der Waals surface area contributed by atoms with E-state index in [-0.39, 0.29) is 25.7 Å². The minimum atomic E-state index is -4.97. The molecule has 0 saturated heterocycles. The van der Waals surface area contributed by atoms with Crippen LogP contribution < -0.4 is 0 Å². The Morgan fingerprint density at radius 2 is 0.596 bits per heavy atom. The van der Waals surface area contributed by atoms with Crippen molar-refractivity contribution in [2.24, 2.45) is 17.8 Å². The molecule has 17 nitrogen and oxygen atoms in total. The molecular formula is C80H152O17P2. The molecule has 3 N–H and O–H groups in total. The zero-order chi connectivity index (χ0) is 73.0. The highest BCUT2D eigenvalue weighted by molar-refractivity contribution is 7.47. The lowest BCUT2D eigenvalue weighted by Gasteiger charge is -2.21. The van der Waals surface area contributed by atoms with E-state index < -0.39 is 97.5 Å². The minimum absolute atomic E-state index is 0.0988. The van der Waals surface area contributed by atoms with Gasteiger partial charge < -0.3 is 33.8 Å². The lowest BCUT2D eigenvalue weighted by Crippen LogP contribution is -2.30. The number of phosphoric ester groups is 2. The Hall–Kier alpha value is -2.46. The van der Waals surface area contributed by atoms with Crippen LogP contribution in [0, 0.1) is 17.8 Å². The number of rotatable bonds is 76. The van der Waals surface area contributed by atoms with E-state index in [0.29, 0.717) is 25.7 Å². The van der Waals surface area contributed by atoms with Gasteiger partial charge >= 0.3 is 39.5 Å². The molecular weight excluding hydrogens is 1290 g/mol. The van der Waals surface area contributed by atoms with Crippen LogP contribution in [0.2, 0.25) is 0 Å². The maximum absolute atomic E-state index is 13.1. The number of unbranched alkanes of at least 4 members (excludes halogenated alkanes) is 40. The van der Waals surface area contributed by atoms with Gasteiger partial charge in [0.05, 0.1) is 26.4 Å². The molecule has 0 radical (unpaired) electrons. The van der Waals surface area contributed by atoms with E-state index in [1.165, 1.54) is 173 Å². The molecule has 19 heteroatoms. The summed E-state index contributed by atoms with van der Waals surface area (Å²) in [6.45, 7) is 11.8. The van der Waals surface area contributed by atoms with Crippen LogP contribution in [-0.2, 0) is 65.4 Å². The molecule has 0 fully saturated rings. The van der Waals surface area contributed by atoms with E-state index in [1.807, 2.05) is 0 Å². The van der Waals surface area contributed by atoms with Crippen LogP contribution in [-0.4, -0.2) is 96.7 Å². The van der Waals surface area contributed by atoms with Crippen LogP contribution in [0.15, 0.2) is 24.3 Å². The van der Waals surface area contributed by atoms with Crippen molar-refractivity contribution in [2.75, 3.05) is 39.6 Å². The predicted molar refractivity (Wildman–Crippen MR) is 404 cm³/mol. The van der Waals surface area contributed by atoms with E-state index in [2.05, 4.69) is 72.8 Å². The van der Waals surface area contributed by atoms with Crippen molar-refractivity contribution in [3.05, 3.63) is 24.3 Å². The van der Waals surface area contributed by atoms with E-state index in [9.17, 15) is 43.2 Å². The Balaban J connectivity index is 5.23. The fourth-order valence-corrected chi connectivity index (χ4v) is 13.3. The summed E-state index contributed by atoms with van der Waals surface area (Å²) in [5.41, 5.74) is 0. The number of phosphoric acid groups is 2. The number of aliphatic hydroxyl groups excluding tert-OH is 1. The van der Waals surface area contributed by atoms with Gasteiger partial charge in [-0.15, -0.1) is 0 Å². The number of esters is 4. The first kappa shape index (κ1) is 96.5. The van der Waals surface area contributed by atoms with E-state index >= 15 is 0 Å². The fourth-order valence-electron chi connectivity index (χ4n) is 11.7.